The Morgan fingerprint density at radius 3 is 2.76 bits per heavy atom. The summed E-state index contributed by atoms with van der Waals surface area (Å²) in [5.74, 6) is 0.408. The lowest BCUT2D eigenvalue weighted by atomic mass is 10.5. The Bertz CT molecular complexity index is 373. The number of alkyl halides is 3. The van der Waals surface area contributed by atoms with Crippen molar-refractivity contribution in [2.45, 2.75) is 19.3 Å². The topological polar surface area (TPSA) is 68.2 Å². The fourth-order valence-electron chi connectivity index (χ4n) is 1.09. The molecule has 0 saturated carbocycles. The molecule has 98 valence electrons. The lowest BCUT2D eigenvalue weighted by Gasteiger charge is -2.11. The molecular formula is C8H13F3IN5. The van der Waals surface area contributed by atoms with Crippen LogP contribution in [0.25, 0.3) is 0 Å². The van der Waals surface area contributed by atoms with Crippen LogP contribution in [-0.2, 0) is 13.1 Å². The number of aromatic nitrogens is 2. The van der Waals surface area contributed by atoms with Crippen LogP contribution in [0.4, 0.5) is 13.2 Å². The van der Waals surface area contributed by atoms with E-state index < -0.39 is 12.7 Å². The summed E-state index contributed by atoms with van der Waals surface area (Å²) in [6, 6.07) is 0. The van der Waals surface area contributed by atoms with Gasteiger partial charge >= 0.3 is 6.18 Å². The van der Waals surface area contributed by atoms with Gasteiger partial charge in [-0.05, 0) is 0 Å². The molecule has 0 atom stereocenters. The average molecular weight is 363 g/mol. The maximum atomic E-state index is 12.1. The molecule has 0 amide bonds. The first-order chi connectivity index (χ1) is 7.42. The SMILES string of the molecule is CN=C(N)NCc1nccn1CC(F)(F)F.I. The predicted molar refractivity (Wildman–Crippen MR) is 68.1 cm³/mol. The van der Waals surface area contributed by atoms with E-state index in [-0.39, 0.29) is 42.3 Å². The van der Waals surface area contributed by atoms with Crippen molar-refractivity contribution < 1.29 is 13.2 Å². The fourth-order valence-corrected chi connectivity index (χ4v) is 1.09. The van der Waals surface area contributed by atoms with Crippen molar-refractivity contribution >= 4 is 29.9 Å². The quantitative estimate of drug-likeness (QED) is 0.480. The van der Waals surface area contributed by atoms with Gasteiger partial charge in [-0.3, -0.25) is 4.99 Å². The van der Waals surface area contributed by atoms with E-state index >= 15 is 0 Å². The van der Waals surface area contributed by atoms with Crippen LogP contribution >= 0.6 is 24.0 Å². The third-order valence-electron chi connectivity index (χ3n) is 1.82. The minimum absolute atomic E-state index is 0. The van der Waals surface area contributed by atoms with Crippen molar-refractivity contribution in [1.82, 2.24) is 14.9 Å². The zero-order valence-corrected chi connectivity index (χ0v) is 11.4. The first-order valence-electron chi connectivity index (χ1n) is 4.45. The fraction of sp³-hybridized carbons (Fsp3) is 0.500. The van der Waals surface area contributed by atoms with Gasteiger partial charge in [-0.25, -0.2) is 4.98 Å². The molecule has 0 aliphatic heterocycles. The number of hydrogen-bond acceptors (Lipinski definition) is 2. The van der Waals surface area contributed by atoms with E-state index in [9.17, 15) is 13.2 Å². The number of nitrogens with one attached hydrogen (secondary N) is 1. The second-order valence-electron chi connectivity index (χ2n) is 3.05. The van der Waals surface area contributed by atoms with Crippen LogP contribution in [0.15, 0.2) is 17.4 Å². The Balaban J connectivity index is 0.00000256. The molecule has 1 aromatic heterocycles. The Hall–Kier alpha value is -1.00. The van der Waals surface area contributed by atoms with E-state index in [1.807, 2.05) is 0 Å². The number of rotatable bonds is 3. The van der Waals surface area contributed by atoms with Gasteiger partial charge in [0.15, 0.2) is 5.96 Å². The van der Waals surface area contributed by atoms with E-state index in [1.54, 1.807) is 0 Å². The zero-order chi connectivity index (χ0) is 12.2. The van der Waals surface area contributed by atoms with E-state index in [0.717, 1.165) is 4.57 Å². The highest BCUT2D eigenvalue weighted by atomic mass is 127. The summed E-state index contributed by atoms with van der Waals surface area (Å²) in [6.45, 7) is -0.959. The second kappa shape index (κ2) is 6.67. The second-order valence-corrected chi connectivity index (χ2v) is 3.05. The molecule has 1 heterocycles. The smallest absolute Gasteiger partial charge is 0.370 e. The average Bonchev–Trinajstić information content (AvgIpc) is 2.59. The van der Waals surface area contributed by atoms with Crippen molar-refractivity contribution in [1.29, 1.82) is 0 Å². The number of halogens is 4. The van der Waals surface area contributed by atoms with Gasteiger partial charge < -0.3 is 15.6 Å². The Morgan fingerprint density at radius 2 is 2.24 bits per heavy atom. The molecule has 0 radical (unpaired) electrons. The molecule has 17 heavy (non-hydrogen) atoms. The van der Waals surface area contributed by atoms with Gasteiger partial charge in [0.05, 0.1) is 6.54 Å². The van der Waals surface area contributed by atoms with Crippen LogP contribution in [-0.4, -0.2) is 28.7 Å². The van der Waals surface area contributed by atoms with Gasteiger partial charge in [-0.15, -0.1) is 24.0 Å². The van der Waals surface area contributed by atoms with Crippen LogP contribution in [0.5, 0.6) is 0 Å². The summed E-state index contributed by atoms with van der Waals surface area (Å²) in [4.78, 5) is 7.41. The minimum atomic E-state index is -4.26. The third kappa shape index (κ3) is 5.75. The number of imidazole rings is 1. The molecule has 0 saturated heterocycles. The molecule has 0 aliphatic rings. The molecular weight excluding hydrogens is 350 g/mol. The van der Waals surface area contributed by atoms with Crippen LogP contribution in [0.1, 0.15) is 5.82 Å². The summed E-state index contributed by atoms with van der Waals surface area (Å²) in [5.41, 5.74) is 5.35. The summed E-state index contributed by atoms with van der Waals surface area (Å²) in [7, 11) is 1.48. The summed E-state index contributed by atoms with van der Waals surface area (Å²) < 4.78 is 37.4. The number of aliphatic imine (C=N–C) groups is 1. The summed E-state index contributed by atoms with van der Waals surface area (Å²) in [6.07, 6.45) is -1.69. The van der Waals surface area contributed by atoms with Crippen LogP contribution in [0, 0.1) is 0 Å². The monoisotopic (exact) mass is 363 g/mol. The first kappa shape index (κ1) is 16.0. The van der Waals surface area contributed by atoms with Crippen LogP contribution in [0.2, 0.25) is 0 Å². The number of hydrogen-bond donors (Lipinski definition) is 2. The van der Waals surface area contributed by atoms with E-state index in [1.165, 1.54) is 19.4 Å². The van der Waals surface area contributed by atoms with Crippen molar-refractivity contribution in [2.75, 3.05) is 7.05 Å². The van der Waals surface area contributed by atoms with Gasteiger partial charge in [-0.2, -0.15) is 13.2 Å². The zero-order valence-electron chi connectivity index (χ0n) is 9.03. The highest BCUT2D eigenvalue weighted by molar-refractivity contribution is 14.0. The Morgan fingerprint density at radius 1 is 1.59 bits per heavy atom. The van der Waals surface area contributed by atoms with E-state index in [4.69, 9.17) is 5.73 Å². The molecule has 0 unspecified atom stereocenters. The molecule has 3 N–H and O–H groups in total. The Labute approximate surface area is 113 Å². The molecule has 5 nitrogen and oxygen atoms in total. The van der Waals surface area contributed by atoms with Gasteiger partial charge in [0.25, 0.3) is 0 Å². The lowest BCUT2D eigenvalue weighted by Crippen LogP contribution is -2.32. The number of guanidine groups is 1. The molecule has 0 fully saturated rings. The first-order valence-corrected chi connectivity index (χ1v) is 4.45. The van der Waals surface area contributed by atoms with Crippen molar-refractivity contribution in [2.24, 2.45) is 10.7 Å². The van der Waals surface area contributed by atoms with E-state index in [2.05, 4.69) is 15.3 Å². The highest BCUT2D eigenvalue weighted by Crippen LogP contribution is 2.18. The standard InChI is InChI=1S/C8H12F3N5.HI/c1-13-7(12)15-4-6-14-2-3-16(6)5-8(9,10)11;/h2-3H,4-5H2,1H3,(H3,12,13,15);1H. The molecule has 1 aromatic rings. The van der Waals surface area contributed by atoms with Gasteiger partial charge in [0.2, 0.25) is 0 Å². The maximum absolute atomic E-state index is 12.1. The largest absolute Gasteiger partial charge is 0.406 e. The van der Waals surface area contributed by atoms with Crippen molar-refractivity contribution in [3.8, 4) is 0 Å². The van der Waals surface area contributed by atoms with Gasteiger partial charge in [-0.1, -0.05) is 0 Å². The Kier molecular flexibility index (Phi) is 6.27. The van der Waals surface area contributed by atoms with Gasteiger partial charge in [0.1, 0.15) is 12.4 Å². The predicted octanol–water partition coefficient (Wildman–Crippen LogP) is 1.10. The highest BCUT2D eigenvalue weighted by Gasteiger charge is 2.28. The summed E-state index contributed by atoms with van der Waals surface area (Å²) in [5, 5.41) is 2.64. The van der Waals surface area contributed by atoms with Crippen LogP contribution in [0.3, 0.4) is 0 Å². The van der Waals surface area contributed by atoms with Crippen LogP contribution < -0.4 is 11.1 Å². The van der Waals surface area contributed by atoms with Crippen molar-refractivity contribution in [3.05, 3.63) is 18.2 Å². The van der Waals surface area contributed by atoms with E-state index in [0.29, 0.717) is 0 Å². The molecule has 0 bridgehead atoms. The normalized spacial score (nSPS) is 12.1. The molecule has 0 aromatic carbocycles. The molecule has 1 rings (SSSR count). The molecule has 9 heteroatoms. The summed E-state index contributed by atoms with van der Waals surface area (Å²) >= 11 is 0. The maximum Gasteiger partial charge on any atom is 0.406 e. The van der Waals surface area contributed by atoms with Gasteiger partial charge in [0, 0.05) is 19.4 Å². The molecule has 0 spiro atoms. The minimum Gasteiger partial charge on any atom is -0.370 e. The lowest BCUT2D eigenvalue weighted by molar-refractivity contribution is -0.141. The third-order valence-corrected chi connectivity index (χ3v) is 1.82. The number of nitrogens with zero attached hydrogens (tertiary/aromatic N) is 3. The molecule has 0 aliphatic carbocycles. The number of nitrogens with two attached hydrogens (primary N) is 1. The van der Waals surface area contributed by atoms with Crippen molar-refractivity contribution in [3.63, 3.8) is 0 Å².